The zero-order valence-corrected chi connectivity index (χ0v) is 9.16. The van der Waals surface area contributed by atoms with Gasteiger partial charge in [0.05, 0.1) is 6.61 Å². The van der Waals surface area contributed by atoms with E-state index < -0.39 is 0 Å². The predicted molar refractivity (Wildman–Crippen MR) is 55.3 cm³/mol. The number of hydrogen-bond acceptors (Lipinski definition) is 3. The lowest BCUT2D eigenvalue weighted by Gasteiger charge is -2.20. The summed E-state index contributed by atoms with van der Waals surface area (Å²) >= 11 is 0. The third-order valence-electron chi connectivity index (χ3n) is 1.75. The molecule has 3 heteroatoms. The summed E-state index contributed by atoms with van der Waals surface area (Å²) in [6, 6.07) is 3.62. The fourth-order valence-electron chi connectivity index (χ4n) is 1.10. The molecule has 0 bridgehead atoms. The molecule has 0 radical (unpaired) electrons. The standard InChI is InChI=1S/C11H17NO2/c1-8-9(7-13)5-6-10(12-8)14-11(2,3)4/h5-6,13H,7H2,1-4H3. The first-order chi connectivity index (χ1) is 6.42. The van der Waals surface area contributed by atoms with Crippen LogP contribution in [-0.4, -0.2) is 15.7 Å². The predicted octanol–water partition coefficient (Wildman–Crippen LogP) is 2.06. The Bertz CT molecular complexity index is 316. The molecule has 78 valence electrons. The Morgan fingerprint density at radius 3 is 2.43 bits per heavy atom. The van der Waals surface area contributed by atoms with Crippen LogP contribution >= 0.6 is 0 Å². The molecule has 0 amide bonds. The van der Waals surface area contributed by atoms with Crippen molar-refractivity contribution in [2.45, 2.75) is 39.9 Å². The summed E-state index contributed by atoms with van der Waals surface area (Å²) < 4.78 is 5.59. The third kappa shape index (κ3) is 3.00. The molecule has 1 rings (SSSR count). The van der Waals surface area contributed by atoms with E-state index in [1.807, 2.05) is 33.8 Å². The molecule has 0 aliphatic carbocycles. The van der Waals surface area contributed by atoms with Crippen LogP contribution in [0.1, 0.15) is 32.0 Å². The molecule has 0 aliphatic rings. The lowest BCUT2D eigenvalue weighted by molar-refractivity contribution is 0.123. The Morgan fingerprint density at radius 2 is 2.00 bits per heavy atom. The van der Waals surface area contributed by atoms with Crippen LogP contribution in [-0.2, 0) is 6.61 Å². The lowest BCUT2D eigenvalue weighted by atomic mass is 10.2. The van der Waals surface area contributed by atoms with Gasteiger partial charge in [-0.05, 0) is 39.3 Å². The Balaban J connectivity index is 2.87. The molecule has 0 atom stereocenters. The van der Waals surface area contributed by atoms with E-state index in [9.17, 15) is 0 Å². The van der Waals surface area contributed by atoms with Gasteiger partial charge in [0.1, 0.15) is 5.60 Å². The maximum Gasteiger partial charge on any atom is 0.213 e. The number of aliphatic hydroxyl groups excluding tert-OH is 1. The van der Waals surface area contributed by atoms with Crippen molar-refractivity contribution in [1.29, 1.82) is 0 Å². The van der Waals surface area contributed by atoms with Crippen molar-refractivity contribution >= 4 is 0 Å². The maximum absolute atomic E-state index is 8.96. The molecule has 0 aliphatic heterocycles. The van der Waals surface area contributed by atoms with Crippen molar-refractivity contribution in [3.8, 4) is 5.88 Å². The number of rotatable bonds is 2. The third-order valence-corrected chi connectivity index (χ3v) is 1.75. The molecular weight excluding hydrogens is 178 g/mol. The van der Waals surface area contributed by atoms with Gasteiger partial charge < -0.3 is 9.84 Å². The van der Waals surface area contributed by atoms with Gasteiger partial charge in [-0.15, -0.1) is 0 Å². The topological polar surface area (TPSA) is 42.4 Å². The average Bonchev–Trinajstić information content (AvgIpc) is 2.01. The normalized spacial score (nSPS) is 11.5. The minimum Gasteiger partial charge on any atom is -0.472 e. The molecule has 0 unspecified atom stereocenters. The second-order valence-electron chi connectivity index (χ2n) is 4.27. The quantitative estimate of drug-likeness (QED) is 0.785. The maximum atomic E-state index is 8.96. The molecule has 0 aromatic carbocycles. The summed E-state index contributed by atoms with van der Waals surface area (Å²) in [6.45, 7) is 7.81. The molecule has 0 saturated heterocycles. The zero-order chi connectivity index (χ0) is 10.8. The van der Waals surface area contributed by atoms with Crippen molar-refractivity contribution in [3.63, 3.8) is 0 Å². The summed E-state index contributed by atoms with van der Waals surface area (Å²) in [4.78, 5) is 4.25. The Morgan fingerprint density at radius 1 is 1.36 bits per heavy atom. The van der Waals surface area contributed by atoms with Gasteiger partial charge in [0.25, 0.3) is 0 Å². The first kappa shape index (κ1) is 11.0. The fraction of sp³-hybridized carbons (Fsp3) is 0.545. The van der Waals surface area contributed by atoms with Gasteiger partial charge >= 0.3 is 0 Å². The monoisotopic (exact) mass is 195 g/mol. The minimum atomic E-state index is -0.236. The number of aromatic nitrogens is 1. The van der Waals surface area contributed by atoms with Crippen molar-refractivity contribution in [1.82, 2.24) is 4.98 Å². The van der Waals surface area contributed by atoms with Gasteiger partial charge in [0, 0.05) is 11.8 Å². The summed E-state index contributed by atoms with van der Waals surface area (Å²) in [6.07, 6.45) is 0. The van der Waals surface area contributed by atoms with Crippen LogP contribution in [0, 0.1) is 6.92 Å². The average molecular weight is 195 g/mol. The summed E-state index contributed by atoms with van der Waals surface area (Å²) in [5.41, 5.74) is 1.42. The zero-order valence-electron chi connectivity index (χ0n) is 9.16. The van der Waals surface area contributed by atoms with Crippen LogP contribution in [0.15, 0.2) is 12.1 Å². The number of ether oxygens (including phenoxy) is 1. The van der Waals surface area contributed by atoms with Crippen LogP contribution in [0.5, 0.6) is 5.88 Å². The van der Waals surface area contributed by atoms with Crippen molar-refractivity contribution in [2.75, 3.05) is 0 Å². The van der Waals surface area contributed by atoms with E-state index in [2.05, 4.69) is 4.98 Å². The number of aliphatic hydroxyl groups is 1. The van der Waals surface area contributed by atoms with Crippen LogP contribution in [0.2, 0.25) is 0 Å². The molecule has 1 aromatic heterocycles. The van der Waals surface area contributed by atoms with Gasteiger partial charge in [-0.3, -0.25) is 0 Å². The number of aryl methyl sites for hydroxylation is 1. The first-order valence-electron chi connectivity index (χ1n) is 4.69. The molecule has 14 heavy (non-hydrogen) atoms. The Labute approximate surface area is 84.7 Å². The molecule has 3 nitrogen and oxygen atoms in total. The SMILES string of the molecule is Cc1nc(OC(C)(C)C)ccc1CO. The highest BCUT2D eigenvalue weighted by Gasteiger charge is 2.13. The molecular formula is C11H17NO2. The summed E-state index contributed by atoms with van der Waals surface area (Å²) in [5.74, 6) is 0.604. The first-order valence-corrected chi connectivity index (χ1v) is 4.69. The molecule has 1 N–H and O–H groups in total. The molecule has 0 saturated carbocycles. The second kappa shape index (κ2) is 3.96. The van der Waals surface area contributed by atoms with Gasteiger partial charge in [0.2, 0.25) is 5.88 Å². The highest BCUT2D eigenvalue weighted by molar-refractivity contribution is 5.24. The lowest BCUT2D eigenvalue weighted by Crippen LogP contribution is -2.23. The van der Waals surface area contributed by atoms with Gasteiger partial charge in [-0.1, -0.05) is 0 Å². The van der Waals surface area contributed by atoms with Crippen molar-refractivity contribution in [2.24, 2.45) is 0 Å². The minimum absolute atomic E-state index is 0.0225. The molecule has 0 fully saturated rings. The smallest absolute Gasteiger partial charge is 0.213 e. The van der Waals surface area contributed by atoms with Crippen LogP contribution in [0.25, 0.3) is 0 Å². The van der Waals surface area contributed by atoms with Crippen LogP contribution in [0.3, 0.4) is 0 Å². The van der Waals surface area contributed by atoms with Crippen molar-refractivity contribution < 1.29 is 9.84 Å². The Hall–Kier alpha value is -1.09. The molecule has 1 aromatic rings. The fourth-order valence-corrected chi connectivity index (χ4v) is 1.10. The van der Waals surface area contributed by atoms with E-state index in [1.54, 1.807) is 6.07 Å². The van der Waals surface area contributed by atoms with E-state index in [1.165, 1.54) is 0 Å². The van der Waals surface area contributed by atoms with Gasteiger partial charge in [-0.25, -0.2) is 4.98 Å². The van der Waals surface area contributed by atoms with Gasteiger partial charge in [0.15, 0.2) is 0 Å². The largest absolute Gasteiger partial charge is 0.472 e. The van der Waals surface area contributed by atoms with E-state index in [0.29, 0.717) is 5.88 Å². The van der Waals surface area contributed by atoms with Crippen LogP contribution < -0.4 is 4.74 Å². The van der Waals surface area contributed by atoms with E-state index in [4.69, 9.17) is 9.84 Å². The number of hydrogen-bond donors (Lipinski definition) is 1. The van der Waals surface area contributed by atoms with Crippen LogP contribution in [0.4, 0.5) is 0 Å². The molecule has 0 spiro atoms. The van der Waals surface area contributed by atoms with E-state index in [-0.39, 0.29) is 12.2 Å². The van der Waals surface area contributed by atoms with E-state index in [0.717, 1.165) is 11.3 Å². The van der Waals surface area contributed by atoms with Crippen molar-refractivity contribution in [3.05, 3.63) is 23.4 Å². The Kier molecular flexibility index (Phi) is 3.11. The number of pyridine rings is 1. The second-order valence-corrected chi connectivity index (χ2v) is 4.27. The number of nitrogens with zero attached hydrogens (tertiary/aromatic N) is 1. The van der Waals surface area contributed by atoms with E-state index >= 15 is 0 Å². The van der Waals surface area contributed by atoms with Gasteiger partial charge in [-0.2, -0.15) is 0 Å². The molecule has 1 heterocycles. The summed E-state index contributed by atoms with van der Waals surface area (Å²) in [7, 11) is 0. The highest BCUT2D eigenvalue weighted by Crippen LogP contribution is 2.17. The highest BCUT2D eigenvalue weighted by atomic mass is 16.5. The summed E-state index contributed by atoms with van der Waals surface area (Å²) in [5, 5.41) is 8.96.